The number of carboxylic acid groups (broad SMARTS) is 1. The van der Waals surface area contributed by atoms with Crippen molar-refractivity contribution < 1.29 is 14.6 Å². The predicted molar refractivity (Wildman–Crippen MR) is 74.2 cm³/mol. The van der Waals surface area contributed by atoms with Crippen molar-refractivity contribution in [1.82, 2.24) is 5.32 Å². The Morgan fingerprint density at radius 1 is 1.37 bits per heavy atom. The highest BCUT2D eigenvalue weighted by Crippen LogP contribution is 2.39. The third-order valence-corrected chi connectivity index (χ3v) is 4.62. The second-order valence-electron chi connectivity index (χ2n) is 6.38. The van der Waals surface area contributed by atoms with E-state index in [1.807, 2.05) is 13.8 Å². The molecule has 0 amide bonds. The van der Waals surface area contributed by atoms with Gasteiger partial charge in [0.05, 0.1) is 6.10 Å². The molecule has 0 aromatic rings. The Bertz CT molecular complexity index is 315. The first-order chi connectivity index (χ1) is 9.04. The summed E-state index contributed by atoms with van der Waals surface area (Å²) in [5, 5.41) is 13.0. The van der Waals surface area contributed by atoms with Gasteiger partial charge in [0.2, 0.25) is 0 Å². The molecule has 2 rings (SSSR count). The van der Waals surface area contributed by atoms with E-state index in [9.17, 15) is 9.90 Å². The first kappa shape index (κ1) is 14.8. The minimum absolute atomic E-state index is 0.198. The molecule has 0 aromatic heterocycles. The lowest BCUT2D eigenvalue weighted by molar-refractivity contribution is -0.147. The van der Waals surface area contributed by atoms with Crippen molar-refractivity contribution in [2.24, 2.45) is 5.92 Å². The number of rotatable bonds is 7. The minimum Gasteiger partial charge on any atom is -0.480 e. The van der Waals surface area contributed by atoms with Gasteiger partial charge in [0.15, 0.2) is 0 Å². The van der Waals surface area contributed by atoms with Crippen LogP contribution in [0.25, 0.3) is 0 Å². The lowest BCUT2D eigenvalue weighted by Crippen LogP contribution is -2.57. The molecule has 19 heavy (non-hydrogen) atoms. The molecule has 0 heterocycles. The van der Waals surface area contributed by atoms with Gasteiger partial charge in [0, 0.05) is 12.6 Å². The molecule has 2 N–H and O–H groups in total. The molecule has 4 heteroatoms. The molecule has 2 aliphatic carbocycles. The Labute approximate surface area is 115 Å². The highest BCUT2D eigenvalue weighted by atomic mass is 16.5. The van der Waals surface area contributed by atoms with Gasteiger partial charge >= 0.3 is 5.97 Å². The SMILES string of the molecule is CC(C)NC1(C(=O)O)CCCC1CCOC1CCC1. The summed E-state index contributed by atoms with van der Waals surface area (Å²) in [7, 11) is 0. The van der Waals surface area contributed by atoms with E-state index in [0.29, 0.717) is 12.7 Å². The zero-order valence-corrected chi connectivity index (χ0v) is 12.2. The maximum atomic E-state index is 11.7. The van der Waals surface area contributed by atoms with Gasteiger partial charge in [-0.2, -0.15) is 0 Å². The number of carboxylic acids is 1. The molecule has 2 aliphatic rings. The van der Waals surface area contributed by atoms with Gasteiger partial charge in [-0.15, -0.1) is 0 Å². The van der Waals surface area contributed by atoms with Crippen molar-refractivity contribution in [3.05, 3.63) is 0 Å². The van der Waals surface area contributed by atoms with Crippen molar-refractivity contribution in [3.63, 3.8) is 0 Å². The van der Waals surface area contributed by atoms with Crippen molar-refractivity contribution in [2.45, 2.75) is 76.5 Å². The molecule has 0 aliphatic heterocycles. The lowest BCUT2D eigenvalue weighted by Gasteiger charge is -2.35. The Hall–Kier alpha value is -0.610. The van der Waals surface area contributed by atoms with Crippen LogP contribution in [0.5, 0.6) is 0 Å². The molecule has 0 spiro atoms. The zero-order chi connectivity index (χ0) is 13.9. The second-order valence-corrected chi connectivity index (χ2v) is 6.38. The van der Waals surface area contributed by atoms with Gasteiger partial charge in [-0.05, 0) is 58.3 Å². The summed E-state index contributed by atoms with van der Waals surface area (Å²) in [6, 6.07) is 0.198. The van der Waals surface area contributed by atoms with E-state index in [1.165, 1.54) is 19.3 Å². The van der Waals surface area contributed by atoms with Crippen LogP contribution in [0.3, 0.4) is 0 Å². The topological polar surface area (TPSA) is 58.6 Å². The number of nitrogens with one attached hydrogen (secondary N) is 1. The molecule has 2 atom stereocenters. The Morgan fingerprint density at radius 3 is 2.63 bits per heavy atom. The van der Waals surface area contributed by atoms with E-state index in [2.05, 4.69) is 5.32 Å². The van der Waals surface area contributed by atoms with E-state index in [1.54, 1.807) is 0 Å². The van der Waals surface area contributed by atoms with E-state index < -0.39 is 11.5 Å². The Balaban J connectivity index is 1.89. The highest BCUT2D eigenvalue weighted by molar-refractivity contribution is 5.79. The fraction of sp³-hybridized carbons (Fsp3) is 0.933. The molecule has 110 valence electrons. The molecule has 2 saturated carbocycles. The van der Waals surface area contributed by atoms with Crippen molar-refractivity contribution in [3.8, 4) is 0 Å². The lowest BCUT2D eigenvalue weighted by atomic mass is 9.84. The van der Waals surface area contributed by atoms with Gasteiger partial charge in [-0.25, -0.2) is 0 Å². The number of aliphatic carboxylic acids is 1. The molecule has 0 saturated heterocycles. The van der Waals surface area contributed by atoms with Crippen LogP contribution in [0.1, 0.15) is 58.8 Å². The average Bonchev–Trinajstić information content (AvgIpc) is 2.65. The van der Waals surface area contributed by atoms with Crippen molar-refractivity contribution in [1.29, 1.82) is 0 Å². The van der Waals surface area contributed by atoms with Crippen LogP contribution in [0.2, 0.25) is 0 Å². The van der Waals surface area contributed by atoms with Crippen molar-refractivity contribution >= 4 is 5.97 Å². The first-order valence-electron chi connectivity index (χ1n) is 7.67. The van der Waals surface area contributed by atoms with Crippen LogP contribution in [0, 0.1) is 5.92 Å². The van der Waals surface area contributed by atoms with Crippen LogP contribution in [-0.2, 0) is 9.53 Å². The summed E-state index contributed by atoms with van der Waals surface area (Å²) in [6.07, 6.45) is 7.69. The largest absolute Gasteiger partial charge is 0.480 e. The summed E-state index contributed by atoms with van der Waals surface area (Å²) >= 11 is 0. The average molecular weight is 269 g/mol. The van der Waals surface area contributed by atoms with Crippen LogP contribution < -0.4 is 5.32 Å². The van der Waals surface area contributed by atoms with Gasteiger partial charge in [-0.1, -0.05) is 6.42 Å². The fourth-order valence-electron chi connectivity index (χ4n) is 3.43. The van der Waals surface area contributed by atoms with Crippen molar-refractivity contribution in [2.75, 3.05) is 6.61 Å². The number of ether oxygens (including phenoxy) is 1. The molecule has 0 bridgehead atoms. The normalized spacial score (nSPS) is 31.6. The van der Waals surface area contributed by atoms with E-state index in [0.717, 1.165) is 25.7 Å². The van der Waals surface area contributed by atoms with Crippen LogP contribution in [0.4, 0.5) is 0 Å². The molecular formula is C15H27NO3. The summed E-state index contributed by atoms with van der Waals surface area (Å²) in [6.45, 7) is 4.75. The smallest absolute Gasteiger partial charge is 0.324 e. The van der Waals surface area contributed by atoms with Gasteiger partial charge in [-0.3, -0.25) is 10.1 Å². The highest BCUT2D eigenvalue weighted by Gasteiger charge is 2.49. The third-order valence-electron chi connectivity index (χ3n) is 4.62. The summed E-state index contributed by atoms with van der Waals surface area (Å²) < 4.78 is 5.80. The minimum atomic E-state index is -0.725. The van der Waals surface area contributed by atoms with Crippen LogP contribution in [0.15, 0.2) is 0 Å². The number of carbonyl (C=O) groups is 1. The standard InChI is InChI=1S/C15H27NO3/c1-11(2)16-15(14(17)18)9-4-5-12(15)8-10-19-13-6-3-7-13/h11-13,16H,3-10H2,1-2H3,(H,17,18). The predicted octanol–water partition coefficient (Wildman–Crippen LogP) is 2.57. The van der Waals surface area contributed by atoms with Crippen LogP contribution >= 0.6 is 0 Å². The molecule has 2 fully saturated rings. The van der Waals surface area contributed by atoms with E-state index in [-0.39, 0.29) is 12.0 Å². The maximum Gasteiger partial charge on any atom is 0.324 e. The Morgan fingerprint density at radius 2 is 2.11 bits per heavy atom. The Kier molecular flexibility index (Phi) is 4.85. The summed E-state index contributed by atoms with van der Waals surface area (Å²) in [5.74, 6) is -0.486. The molecular weight excluding hydrogens is 242 g/mol. The third kappa shape index (κ3) is 3.29. The number of hydrogen-bond acceptors (Lipinski definition) is 3. The molecule has 4 nitrogen and oxygen atoms in total. The summed E-state index contributed by atoms with van der Waals surface area (Å²) in [5.41, 5.74) is -0.725. The van der Waals surface area contributed by atoms with Gasteiger partial charge < -0.3 is 9.84 Å². The van der Waals surface area contributed by atoms with E-state index >= 15 is 0 Å². The second kappa shape index (κ2) is 6.23. The monoisotopic (exact) mass is 269 g/mol. The fourth-order valence-corrected chi connectivity index (χ4v) is 3.43. The summed E-state index contributed by atoms with van der Waals surface area (Å²) in [4.78, 5) is 11.7. The van der Waals surface area contributed by atoms with Gasteiger partial charge in [0.25, 0.3) is 0 Å². The van der Waals surface area contributed by atoms with Crippen LogP contribution in [-0.4, -0.2) is 35.4 Å². The molecule has 0 radical (unpaired) electrons. The molecule has 2 unspecified atom stereocenters. The number of hydrogen-bond donors (Lipinski definition) is 2. The maximum absolute atomic E-state index is 11.7. The quantitative estimate of drug-likeness (QED) is 0.746. The first-order valence-corrected chi connectivity index (χ1v) is 7.67. The zero-order valence-electron chi connectivity index (χ0n) is 12.2. The molecule has 0 aromatic carbocycles. The van der Waals surface area contributed by atoms with E-state index in [4.69, 9.17) is 4.74 Å². The van der Waals surface area contributed by atoms with Gasteiger partial charge in [0.1, 0.15) is 5.54 Å².